The highest BCUT2D eigenvalue weighted by molar-refractivity contribution is 9.10. The van der Waals surface area contributed by atoms with E-state index in [0.717, 1.165) is 0 Å². The first-order valence-corrected chi connectivity index (χ1v) is 8.51. The van der Waals surface area contributed by atoms with Crippen LogP contribution in [-0.4, -0.2) is 44.0 Å². The third kappa shape index (κ3) is 2.93. The van der Waals surface area contributed by atoms with Gasteiger partial charge in [-0.2, -0.15) is 4.31 Å². The molecule has 0 amide bonds. The molecule has 0 bridgehead atoms. The second kappa shape index (κ2) is 5.58. The third-order valence-electron chi connectivity index (χ3n) is 3.71. The van der Waals surface area contributed by atoms with Crippen LogP contribution in [0.15, 0.2) is 27.6 Å². The lowest BCUT2D eigenvalue weighted by atomic mass is 9.90. The average Bonchev–Trinajstić information content (AvgIpc) is 2.84. The molecule has 1 aliphatic rings. The molecule has 1 heterocycles. The Kier molecular flexibility index (Phi) is 4.32. The van der Waals surface area contributed by atoms with Gasteiger partial charge in [0.2, 0.25) is 10.0 Å². The van der Waals surface area contributed by atoms with E-state index in [0.29, 0.717) is 16.6 Å². The number of benzene rings is 1. The molecule has 0 radical (unpaired) electrons. The van der Waals surface area contributed by atoms with Crippen LogP contribution in [0.4, 0.5) is 0 Å². The van der Waals surface area contributed by atoms with E-state index in [9.17, 15) is 18.3 Å². The van der Waals surface area contributed by atoms with Gasteiger partial charge in [0.1, 0.15) is 10.6 Å². The number of hydrogen-bond donors (Lipinski definition) is 1. The molecular weight excluding hydrogens is 362 g/mol. The molecule has 116 valence electrons. The summed E-state index contributed by atoms with van der Waals surface area (Å²) in [4.78, 5) is 11.3. The quantitative estimate of drug-likeness (QED) is 0.866. The van der Waals surface area contributed by atoms with E-state index >= 15 is 0 Å². The zero-order chi connectivity index (χ0) is 15.8. The van der Waals surface area contributed by atoms with Crippen LogP contribution in [0.1, 0.15) is 13.3 Å². The molecule has 1 unspecified atom stereocenters. The molecule has 2 rings (SSSR count). The van der Waals surface area contributed by atoms with Gasteiger partial charge in [-0.25, -0.2) is 8.42 Å². The van der Waals surface area contributed by atoms with E-state index in [-0.39, 0.29) is 18.0 Å². The number of sulfonamides is 1. The van der Waals surface area contributed by atoms with Crippen molar-refractivity contribution in [1.82, 2.24) is 4.31 Å². The van der Waals surface area contributed by atoms with Crippen LogP contribution in [-0.2, 0) is 14.8 Å². The smallest absolute Gasteiger partial charge is 0.310 e. The highest BCUT2D eigenvalue weighted by atomic mass is 79.9. The third-order valence-corrected chi connectivity index (χ3v) is 6.55. The molecule has 1 N–H and O–H groups in total. The van der Waals surface area contributed by atoms with Gasteiger partial charge >= 0.3 is 5.97 Å². The summed E-state index contributed by atoms with van der Waals surface area (Å²) in [5, 5.41) is 9.21. The molecule has 1 fully saturated rings. The van der Waals surface area contributed by atoms with Gasteiger partial charge in [0.15, 0.2) is 0 Å². The van der Waals surface area contributed by atoms with Crippen molar-refractivity contribution < 1.29 is 23.1 Å². The average molecular weight is 378 g/mol. The Bertz CT molecular complexity index is 675. The Morgan fingerprint density at radius 3 is 2.67 bits per heavy atom. The lowest BCUT2D eigenvalue weighted by Crippen LogP contribution is -2.35. The van der Waals surface area contributed by atoms with E-state index < -0.39 is 21.4 Å². The summed E-state index contributed by atoms with van der Waals surface area (Å²) in [7, 11) is -2.31. The molecule has 0 aliphatic carbocycles. The Balaban J connectivity index is 2.38. The molecule has 8 heteroatoms. The van der Waals surface area contributed by atoms with Crippen molar-refractivity contribution in [2.45, 2.75) is 18.2 Å². The summed E-state index contributed by atoms with van der Waals surface area (Å²) in [6.07, 6.45) is 0.295. The molecule has 0 saturated carbocycles. The summed E-state index contributed by atoms with van der Waals surface area (Å²) >= 11 is 3.22. The van der Waals surface area contributed by atoms with Crippen molar-refractivity contribution >= 4 is 31.9 Å². The van der Waals surface area contributed by atoms with Gasteiger partial charge < -0.3 is 9.84 Å². The highest BCUT2D eigenvalue weighted by Crippen LogP contribution is 2.36. The van der Waals surface area contributed by atoms with Crippen molar-refractivity contribution in [3.63, 3.8) is 0 Å². The van der Waals surface area contributed by atoms with Crippen LogP contribution in [0.2, 0.25) is 0 Å². The molecule has 1 saturated heterocycles. The van der Waals surface area contributed by atoms with Crippen molar-refractivity contribution in [1.29, 1.82) is 0 Å². The lowest BCUT2D eigenvalue weighted by Gasteiger charge is -2.20. The number of carboxylic acids is 1. The first-order chi connectivity index (χ1) is 9.70. The minimum Gasteiger partial charge on any atom is -0.497 e. The SMILES string of the molecule is COc1ccc(Br)c(S(=O)(=O)N2CCC(C)(C(=O)O)C2)c1. The van der Waals surface area contributed by atoms with Gasteiger partial charge in [0, 0.05) is 23.6 Å². The van der Waals surface area contributed by atoms with Crippen LogP contribution in [0.5, 0.6) is 5.75 Å². The summed E-state index contributed by atoms with van der Waals surface area (Å²) in [5.41, 5.74) is -1.04. The molecule has 1 aromatic carbocycles. The molecule has 1 atom stereocenters. The minimum absolute atomic E-state index is 0.0334. The van der Waals surface area contributed by atoms with Crippen molar-refractivity contribution in [2.24, 2.45) is 5.41 Å². The lowest BCUT2D eigenvalue weighted by molar-refractivity contribution is -0.146. The number of carbonyl (C=O) groups is 1. The maximum atomic E-state index is 12.7. The number of rotatable bonds is 4. The molecular formula is C13H16BrNO5S. The van der Waals surface area contributed by atoms with Gasteiger partial charge in [-0.1, -0.05) is 0 Å². The number of aliphatic carboxylic acids is 1. The van der Waals surface area contributed by atoms with Crippen LogP contribution >= 0.6 is 15.9 Å². The first-order valence-electron chi connectivity index (χ1n) is 6.28. The predicted octanol–water partition coefficient (Wildman–Crippen LogP) is 1.94. The zero-order valence-electron chi connectivity index (χ0n) is 11.7. The van der Waals surface area contributed by atoms with Gasteiger partial charge in [-0.15, -0.1) is 0 Å². The number of halogens is 1. The fourth-order valence-electron chi connectivity index (χ4n) is 2.25. The number of methoxy groups -OCH3 is 1. The number of ether oxygens (including phenoxy) is 1. The number of hydrogen-bond acceptors (Lipinski definition) is 4. The van der Waals surface area contributed by atoms with Gasteiger partial charge in [0.05, 0.1) is 12.5 Å². The van der Waals surface area contributed by atoms with Crippen molar-refractivity contribution in [2.75, 3.05) is 20.2 Å². The Labute approximate surface area is 131 Å². The minimum atomic E-state index is -3.76. The highest BCUT2D eigenvalue weighted by Gasteiger charge is 2.45. The van der Waals surface area contributed by atoms with Crippen molar-refractivity contribution in [3.05, 3.63) is 22.7 Å². The Hall–Kier alpha value is -1.12. The van der Waals surface area contributed by atoms with Gasteiger partial charge in [-0.05, 0) is 41.4 Å². The molecule has 21 heavy (non-hydrogen) atoms. The van der Waals surface area contributed by atoms with E-state index in [1.54, 1.807) is 19.1 Å². The first kappa shape index (κ1) is 16.3. The predicted molar refractivity (Wildman–Crippen MR) is 79.8 cm³/mol. The van der Waals surface area contributed by atoms with Crippen LogP contribution in [0, 0.1) is 5.41 Å². The van der Waals surface area contributed by atoms with Crippen molar-refractivity contribution in [3.8, 4) is 5.75 Å². The summed E-state index contributed by atoms with van der Waals surface area (Å²) in [6.45, 7) is 1.72. The molecule has 1 aliphatic heterocycles. The summed E-state index contributed by atoms with van der Waals surface area (Å²) in [6, 6.07) is 4.67. The molecule has 1 aromatic rings. The monoisotopic (exact) mass is 377 g/mol. The Morgan fingerprint density at radius 1 is 1.48 bits per heavy atom. The summed E-state index contributed by atoms with van der Waals surface area (Å²) < 4.78 is 32.0. The van der Waals surface area contributed by atoms with Crippen LogP contribution in [0.25, 0.3) is 0 Å². The normalized spacial score (nSPS) is 23.2. The fraction of sp³-hybridized carbons (Fsp3) is 0.462. The molecule has 6 nitrogen and oxygen atoms in total. The van der Waals surface area contributed by atoms with Crippen LogP contribution in [0.3, 0.4) is 0 Å². The maximum absolute atomic E-state index is 12.7. The maximum Gasteiger partial charge on any atom is 0.310 e. The fourth-order valence-corrected chi connectivity index (χ4v) is 4.75. The molecule has 0 spiro atoms. The zero-order valence-corrected chi connectivity index (χ0v) is 14.1. The molecule has 0 aromatic heterocycles. The number of carboxylic acid groups (broad SMARTS) is 1. The van der Waals surface area contributed by atoms with E-state index in [4.69, 9.17) is 4.74 Å². The standard InChI is InChI=1S/C13H16BrNO5S/c1-13(12(16)17)5-6-15(8-13)21(18,19)11-7-9(20-2)3-4-10(11)14/h3-4,7H,5-6,8H2,1-2H3,(H,16,17). The van der Waals surface area contributed by atoms with E-state index in [1.807, 2.05) is 0 Å². The topological polar surface area (TPSA) is 83.9 Å². The second-order valence-corrected chi connectivity index (χ2v) is 8.01. The number of nitrogens with zero attached hydrogens (tertiary/aromatic N) is 1. The Morgan fingerprint density at radius 2 is 2.14 bits per heavy atom. The largest absolute Gasteiger partial charge is 0.497 e. The summed E-state index contributed by atoms with van der Waals surface area (Å²) in [5.74, 6) is -0.554. The van der Waals surface area contributed by atoms with Crippen LogP contribution < -0.4 is 4.74 Å². The van der Waals surface area contributed by atoms with Gasteiger partial charge in [-0.3, -0.25) is 4.79 Å². The van der Waals surface area contributed by atoms with E-state index in [2.05, 4.69) is 15.9 Å². The van der Waals surface area contributed by atoms with Gasteiger partial charge in [0.25, 0.3) is 0 Å². The van der Waals surface area contributed by atoms with E-state index in [1.165, 1.54) is 17.5 Å². The second-order valence-electron chi connectivity index (χ2n) is 5.25.